The van der Waals surface area contributed by atoms with Crippen molar-refractivity contribution in [3.8, 4) is 0 Å². The lowest BCUT2D eigenvalue weighted by molar-refractivity contribution is -0.166. The first kappa shape index (κ1) is 17.8. The van der Waals surface area contributed by atoms with E-state index in [0.717, 1.165) is 6.92 Å². The Morgan fingerprint density at radius 3 is 2.10 bits per heavy atom. The third kappa shape index (κ3) is 7.96. The molecular formula is C12H16O8. The number of ketones is 1. The summed E-state index contributed by atoms with van der Waals surface area (Å²) in [6, 6.07) is 0. The summed E-state index contributed by atoms with van der Waals surface area (Å²) in [6.45, 7) is 2.51. The maximum Gasteiger partial charge on any atom is 0.381 e. The van der Waals surface area contributed by atoms with Crippen LogP contribution in [0.4, 0.5) is 0 Å². The largest absolute Gasteiger partial charge is 0.469 e. The molecule has 0 saturated heterocycles. The second kappa shape index (κ2) is 8.78. The summed E-state index contributed by atoms with van der Waals surface area (Å²) in [6.07, 6.45) is -0.721. The molecular weight excluding hydrogens is 272 g/mol. The van der Waals surface area contributed by atoms with Crippen LogP contribution in [0.15, 0.2) is 0 Å². The molecule has 0 aromatic carbocycles. The van der Waals surface area contributed by atoms with Crippen LogP contribution in [0.5, 0.6) is 0 Å². The van der Waals surface area contributed by atoms with Gasteiger partial charge in [-0.3, -0.25) is 19.2 Å². The lowest BCUT2D eigenvalue weighted by atomic mass is 10.1. The minimum Gasteiger partial charge on any atom is -0.469 e. The molecule has 0 saturated carbocycles. The molecule has 0 heterocycles. The van der Waals surface area contributed by atoms with Gasteiger partial charge < -0.3 is 14.2 Å². The van der Waals surface area contributed by atoms with Crippen LogP contribution in [0.3, 0.4) is 0 Å². The Morgan fingerprint density at radius 1 is 1.00 bits per heavy atom. The summed E-state index contributed by atoms with van der Waals surface area (Å²) in [7, 11) is 1.24. The first-order valence-electron chi connectivity index (χ1n) is 5.74. The highest BCUT2D eigenvalue weighted by Crippen LogP contribution is 2.04. The fourth-order valence-electron chi connectivity index (χ4n) is 1.04. The van der Waals surface area contributed by atoms with Crippen molar-refractivity contribution >= 4 is 29.7 Å². The molecule has 0 N–H and O–H groups in total. The topological polar surface area (TPSA) is 113 Å². The van der Waals surface area contributed by atoms with E-state index in [0.29, 0.717) is 0 Å². The van der Waals surface area contributed by atoms with Gasteiger partial charge in [-0.2, -0.15) is 0 Å². The van der Waals surface area contributed by atoms with Crippen LogP contribution in [0, 0.1) is 5.92 Å². The number of rotatable bonds is 7. The average Bonchev–Trinajstić information content (AvgIpc) is 2.35. The van der Waals surface area contributed by atoms with Crippen LogP contribution < -0.4 is 0 Å². The Hall–Kier alpha value is -2.25. The van der Waals surface area contributed by atoms with Gasteiger partial charge in [-0.25, -0.2) is 4.79 Å². The molecule has 0 aromatic heterocycles. The van der Waals surface area contributed by atoms with E-state index in [1.165, 1.54) is 7.11 Å². The van der Waals surface area contributed by atoms with Gasteiger partial charge in [-0.05, 0) is 0 Å². The van der Waals surface area contributed by atoms with Crippen molar-refractivity contribution in [3.05, 3.63) is 0 Å². The van der Waals surface area contributed by atoms with Crippen molar-refractivity contribution in [1.82, 2.24) is 0 Å². The third-order valence-corrected chi connectivity index (χ3v) is 2.05. The van der Waals surface area contributed by atoms with Gasteiger partial charge in [0.25, 0.3) is 0 Å². The van der Waals surface area contributed by atoms with Gasteiger partial charge in [-0.1, -0.05) is 6.92 Å². The van der Waals surface area contributed by atoms with E-state index < -0.39 is 36.1 Å². The van der Waals surface area contributed by atoms with Crippen molar-refractivity contribution < 1.29 is 38.2 Å². The molecule has 8 nitrogen and oxygen atoms in total. The van der Waals surface area contributed by atoms with Crippen LogP contribution in [0.2, 0.25) is 0 Å². The summed E-state index contributed by atoms with van der Waals surface area (Å²) in [5.41, 5.74) is 0. The Labute approximate surface area is 115 Å². The molecule has 0 fully saturated rings. The molecule has 112 valence electrons. The van der Waals surface area contributed by atoms with Crippen molar-refractivity contribution in [2.24, 2.45) is 5.92 Å². The maximum atomic E-state index is 11.2. The van der Waals surface area contributed by atoms with Gasteiger partial charge in [0.2, 0.25) is 5.78 Å². The number of ether oxygens (including phenoxy) is 3. The minimum absolute atomic E-state index is 0.0665. The lowest BCUT2D eigenvalue weighted by Crippen LogP contribution is -2.22. The molecule has 0 rings (SSSR count). The van der Waals surface area contributed by atoms with E-state index in [9.17, 15) is 24.0 Å². The first-order valence-corrected chi connectivity index (χ1v) is 5.74. The van der Waals surface area contributed by atoms with Gasteiger partial charge in [0.1, 0.15) is 6.42 Å². The molecule has 0 aliphatic heterocycles. The summed E-state index contributed by atoms with van der Waals surface area (Å²) < 4.78 is 13.2. The molecule has 20 heavy (non-hydrogen) atoms. The van der Waals surface area contributed by atoms with Crippen LogP contribution in [0.1, 0.15) is 26.7 Å². The maximum absolute atomic E-state index is 11.2. The van der Waals surface area contributed by atoms with Crippen LogP contribution in [0.25, 0.3) is 0 Å². The molecule has 0 aromatic rings. The van der Waals surface area contributed by atoms with E-state index >= 15 is 0 Å². The van der Waals surface area contributed by atoms with Crippen LogP contribution in [-0.2, 0) is 38.2 Å². The minimum atomic E-state index is -1.33. The summed E-state index contributed by atoms with van der Waals surface area (Å²) in [4.78, 5) is 54.5. The molecule has 0 spiro atoms. The normalized spacial score (nSPS) is 11.2. The highest BCUT2D eigenvalue weighted by Gasteiger charge is 2.19. The third-order valence-electron chi connectivity index (χ3n) is 2.05. The predicted molar refractivity (Wildman–Crippen MR) is 63.2 cm³/mol. The van der Waals surface area contributed by atoms with Crippen LogP contribution in [-0.4, -0.2) is 43.4 Å². The van der Waals surface area contributed by atoms with Crippen molar-refractivity contribution in [2.75, 3.05) is 13.7 Å². The molecule has 0 aliphatic rings. The number of carbonyl (C=O) groups is 5. The average molecular weight is 288 g/mol. The highest BCUT2D eigenvalue weighted by molar-refractivity contribution is 6.34. The number of esters is 4. The second-order valence-corrected chi connectivity index (χ2v) is 4.06. The van der Waals surface area contributed by atoms with E-state index in [2.05, 4.69) is 9.47 Å². The number of carbonyl (C=O) groups excluding carboxylic acids is 5. The Balaban J connectivity index is 3.99. The molecule has 0 radical (unpaired) electrons. The quantitative estimate of drug-likeness (QED) is 0.273. The van der Waals surface area contributed by atoms with Gasteiger partial charge in [0.05, 0.1) is 20.1 Å². The van der Waals surface area contributed by atoms with Crippen molar-refractivity contribution in [2.45, 2.75) is 26.7 Å². The first-order chi connectivity index (χ1) is 9.26. The Morgan fingerprint density at radius 2 is 1.60 bits per heavy atom. The van der Waals surface area contributed by atoms with E-state index in [1.54, 1.807) is 6.92 Å². The molecule has 0 amide bonds. The van der Waals surface area contributed by atoms with Crippen molar-refractivity contribution in [3.63, 3.8) is 0 Å². The van der Waals surface area contributed by atoms with E-state index in [4.69, 9.17) is 4.74 Å². The predicted octanol–water partition coefficient (Wildman–Crippen LogP) is -0.222. The zero-order valence-corrected chi connectivity index (χ0v) is 11.5. The fraction of sp³-hybridized carbons (Fsp3) is 0.583. The lowest BCUT2D eigenvalue weighted by Gasteiger charge is -2.10. The van der Waals surface area contributed by atoms with Crippen LogP contribution >= 0.6 is 0 Å². The number of hydrogen-bond donors (Lipinski definition) is 0. The van der Waals surface area contributed by atoms with E-state index in [1.807, 2.05) is 0 Å². The smallest absolute Gasteiger partial charge is 0.381 e. The summed E-state index contributed by atoms with van der Waals surface area (Å²) in [5.74, 6) is -5.08. The highest BCUT2D eigenvalue weighted by atomic mass is 16.6. The van der Waals surface area contributed by atoms with Gasteiger partial charge in [-0.15, -0.1) is 0 Å². The van der Waals surface area contributed by atoms with Crippen molar-refractivity contribution in [1.29, 1.82) is 0 Å². The number of hydrogen-bond acceptors (Lipinski definition) is 8. The second-order valence-electron chi connectivity index (χ2n) is 4.06. The molecule has 0 aliphatic carbocycles. The standard InChI is InChI=1S/C12H16O8/c1-7(4-9(14)18-3)6-19-10(15)5-11(16)20-12(17)8(2)13/h7H,4-6H2,1-3H3. The fourth-order valence-corrected chi connectivity index (χ4v) is 1.04. The monoisotopic (exact) mass is 288 g/mol. The summed E-state index contributed by atoms with van der Waals surface area (Å²) >= 11 is 0. The molecule has 1 unspecified atom stereocenters. The Bertz CT molecular complexity index is 412. The number of Topliss-reactive ketones (excluding diaryl/α,β-unsaturated/α-hetero) is 1. The molecule has 8 heteroatoms. The Kier molecular flexibility index (Phi) is 7.80. The van der Waals surface area contributed by atoms with Gasteiger partial charge in [0.15, 0.2) is 0 Å². The molecule has 0 bridgehead atoms. The zero-order chi connectivity index (χ0) is 15.7. The van der Waals surface area contributed by atoms with E-state index in [-0.39, 0.29) is 18.9 Å². The van der Waals surface area contributed by atoms with Gasteiger partial charge >= 0.3 is 23.9 Å². The van der Waals surface area contributed by atoms with Gasteiger partial charge in [0, 0.05) is 12.8 Å². The SMILES string of the molecule is COC(=O)CC(C)COC(=O)CC(=O)OC(=O)C(C)=O. The zero-order valence-electron chi connectivity index (χ0n) is 11.5. The summed E-state index contributed by atoms with van der Waals surface area (Å²) in [5, 5.41) is 0. The molecule has 1 atom stereocenters. The number of methoxy groups -OCH3 is 1.